The van der Waals surface area contributed by atoms with Crippen LogP contribution in [0.3, 0.4) is 0 Å². The molecular formula is C33H39N11OS2. The van der Waals surface area contributed by atoms with Gasteiger partial charge < -0.3 is 36.8 Å². The second kappa shape index (κ2) is 15.5. The number of thiophene rings is 1. The van der Waals surface area contributed by atoms with Crippen molar-refractivity contribution in [2.75, 3.05) is 72.8 Å². The molecule has 2 aliphatic heterocycles. The largest absolute Gasteiger partial charge is 0.397 e. The number of hydrogen-bond acceptors (Lipinski definition) is 12. The lowest BCUT2D eigenvalue weighted by atomic mass is 10.2. The highest BCUT2D eigenvalue weighted by atomic mass is 32.1. The van der Waals surface area contributed by atoms with E-state index in [-0.39, 0.29) is 4.99 Å². The smallest absolute Gasteiger partial charge is 0.260 e. The van der Waals surface area contributed by atoms with E-state index < -0.39 is 5.91 Å². The van der Waals surface area contributed by atoms with Crippen LogP contribution in [0, 0.1) is 11.3 Å². The van der Waals surface area contributed by atoms with E-state index in [4.69, 9.17) is 29.4 Å². The Morgan fingerprint density at radius 1 is 0.872 bits per heavy atom. The van der Waals surface area contributed by atoms with Gasteiger partial charge in [-0.3, -0.25) is 14.8 Å². The van der Waals surface area contributed by atoms with E-state index in [1.54, 1.807) is 18.6 Å². The van der Waals surface area contributed by atoms with Crippen molar-refractivity contribution in [1.29, 1.82) is 5.26 Å². The Hall–Kier alpha value is -5.00. The van der Waals surface area contributed by atoms with Crippen molar-refractivity contribution in [1.82, 2.24) is 19.9 Å². The third-order valence-electron chi connectivity index (χ3n) is 8.38. The summed E-state index contributed by atoms with van der Waals surface area (Å²) in [6, 6.07) is 12.1. The summed E-state index contributed by atoms with van der Waals surface area (Å²) >= 11 is 6.20. The van der Waals surface area contributed by atoms with Crippen LogP contribution in [0.25, 0.3) is 10.2 Å². The molecule has 0 unspecified atom stereocenters. The van der Waals surface area contributed by atoms with Crippen LogP contribution >= 0.6 is 23.6 Å². The molecule has 4 aromatic heterocycles. The first-order valence-electron chi connectivity index (χ1n) is 15.5. The summed E-state index contributed by atoms with van der Waals surface area (Å²) in [6.07, 6.45) is 11.2. The van der Waals surface area contributed by atoms with Gasteiger partial charge in [0.15, 0.2) is 0 Å². The van der Waals surface area contributed by atoms with E-state index in [2.05, 4.69) is 52.8 Å². The Morgan fingerprint density at radius 2 is 1.47 bits per heavy atom. The fraction of sp³-hybridized carbons (Fsp3) is 0.333. The van der Waals surface area contributed by atoms with Crippen LogP contribution < -0.4 is 31.9 Å². The second-order valence-corrected chi connectivity index (χ2v) is 12.7. The lowest BCUT2D eigenvalue weighted by Gasteiger charge is -2.25. The normalized spacial score (nSPS) is 15.9. The maximum atomic E-state index is 11.6. The molecule has 0 aromatic carbocycles. The molecule has 244 valence electrons. The van der Waals surface area contributed by atoms with E-state index >= 15 is 0 Å². The van der Waals surface area contributed by atoms with Gasteiger partial charge in [-0.1, -0.05) is 12.2 Å². The molecule has 47 heavy (non-hydrogen) atoms. The number of allylic oxidation sites excluding steroid dienone is 1. The fourth-order valence-electron chi connectivity index (χ4n) is 5.96. The number of hydrogen-bond donors (Lipinski definition) is 3. The number of nitrogens with two attached hydrogens (primary N) is 3. The molecule has 6 N–H and O–H groups in total. The van der Waals surface area contributed by atoms with E-state index in [0.717, 1.165) is 98.2 Å². The van der Waals surface area contributed by atoms with Crippen molar-refractivity contribution in [2.24, 2.45) is 11.5 Å². The number of nitrogens with zero attached hydrogens (tertiary/aromatic N) is 8. The van der Waals surface area contributed by atoms with Crippen LogP contribution in [-0.2, 0) is 0 Å². The average Bonchev–Trinajstić information content (AvgIpc) is 3.27. The molecule has 6 rings (SSSR count). The molecule has 4 aromatic rings. The van der Waals surface area contributed by atoms with Gasteiger partial charge in [0.05, 0.1) is 40.5 Å². The van der Waals surface area contributed by atoms with E-state index in [0.29, 0.717) is 16.1 Å². The zero-order chi connectivity index (χ0) is 33.3. The highest BCUT2D eigenvalue weighted by molar-refractivity contribution is 7.80. The highest BCUT2D eigenvalue weighted by Crippen LogP contribution is 2.38. The molecule has 14 heteroatoms. The first-order valence-corrected chi connectivity index (χ1v) is 16.7. The SMILES string of the molecule is C/C(=C(\C#N)C(N)=S)N1CCCN(c2cccnc2)CC1.NC(=O)c1sc2nccc(N3CCCN(c4cccnc4)CC3)c2c1N. The third-order valence-corrected chi connectivity index (χ3v) is 9.71. The number of anilines is 4. The number of pyridine rings is 3. The molecule has 0 radical (unpaired) electrons. The Kier molecular flexibility index (Phi) is 11.0. The number of carbonyl (C=O) groups excluding carboxylic acids is 1. The molecule has 0 atom stereocenters. The molecule has 2 fully saturated rings. The second-order valence-electron chi connectivity index (χ2n) is 11.2. The number of aromatic nitrogens is 3. The van der Waals surface area contributed by atoms with E-state index in [1.807, 2.05) is 37.5 Å². The molecule has 0 saturated carbocycles. The lowest BCUT2D eigenvalue weighted by molar-refractivity contribution is 0.100. The molecule has 12 nitrogen and oxygen atoms in total. The molecule has 0 spiro atoms. The van der Waals surface area contributed by atoms with E-state index in [1.165, 1.54) is 11.3 Å². The first-order chi connectivity index (χ1) is 22.8. The minimum atomic E-state index is -0.505. The van der Waals surface area contributed by atoms with E-state index in [9.17, 15) is 10.1 Å². The zero-order valence-electron chi connectivity index (χ0n) is 26.4. The van der Waals surface area contributed by atoms with Gasteiger partial charge in [-0.2, -0.15) is 5.26 Å². The van der Waals surface area contributed by atoms with Gasteiger partial charge in [-0.25, -0.2) is 4.98 Å². The molecular weight excluding hydrogens is 631 g/mol. The fourth-order valence-corrected chi connectivity index (χ4v) is 7.09. The number of thiocarbonyl (C=S) groups is 1. The highest BCUT2D eigenvalue weighted by Gasteiger charge is 2.23. The van der Waals surface area contributed by atoms with Crippen molar-refractivity contribution in [3.05, 3.63) is 77.5 Å². The Bertz CT molecular complexity index is 1770. The molecule has 2 aliphatic rings. The van der Waals surface area contributed by atoms with Crippen molar-refractivity contribution in [2.45, 2.75) is 19.8 Å². The summed E-state index contributed by atoms with van der Waals surface area (Å²) in [5.74, 6) is -0.505. The van der Waals surface area contributed by atoms with Crippen LogP contribution in [0.4, 0.5) is 22.7 Å². The predicted molar refractivity (Wildman–Crippen MR) is 194 cm³/mol. The topological polar surface area (TPSA) is 171 Å². The minimum absolute atomic E-state index is 0.170. The van der Waals surface area contributed by atoms with Gasteiger partial charge in [0.2, 0.25) is 0 Å². The zero-order valence-corrected chi connectivity index (χ0v) is 28.0. The summed E-state index contributed by atoms with van der Waals surface area (Å²) in [5, 5.41) is 10.0. The summed E-state index contributed by atoms with van der Waals surface area (Å²) in [7, 11) is 0. The third kappa shape index (κ3) is 7.87. The van der Waals surface area contributed by atoms with Crippen LogP contribution in [-0.4, -0.2) is 83.1 Å². The van der Waals surface area contributed by atoms with Crippen LogP contribution in [0.2, 0.25) is 0 Å². The van der Waals surface area contributed by atoms with Gasteiger partial charge in [0, 0.05) is 76.6 Å². The summed E-state index contributed by atoms with van der Waals surface area (Å²) in [4.78, 5) is 34.9. The van der Waals surface area contributed by atoms with Crippen molar-refractivity contribution >= 4 is 67.4 Å². The number of amides is 1. The maximum absolute atomic E-state index is 11.6. The summed E-state index contributed by atoms with van der Waals surface area (Å²) in [6.45, 7) is 9.16. The monoisotopic (exact) mass is 669 g/mol. The molecule has 6 heterocycles. The minimum Gasteiger partial charge on any atom is -0.397 e. The Labute approximate surface area is 284 Å². The number of rotatable bonds is 6. The van der Waals surface area contributed by atoms with Crippen molar-refractivity contribution < 1.29 is 4.79 Å². The quantitative estimate of drug-likeness (QED) is 0.155. The number of primary amides is 1. The molecule has 0 bridgehead atoms. The molecule has 1 amide bonds. The van der Waals surface area contributed by atoms with Crippen LogP contribution in [0.15, 0.2) is 72.6 Å². The van der Waals surface area contributed by atoms with Crippen LogP contribution in [0.5, 0.6) is 0 Å². The Morgan fingerprint density at radius 3 is 2.04 bits per heavy atom. The number of nitrogen functional groups attached to an aromatic ring is 1. The number of carbonyl (C=O) groups is 1. The molecule has 0 aliphatic carbocycles. The summed E-state index contributed by atoms with van der Waals surface area (Å²) < 4.78 is 0. The van der Waals surface area contributed by atoms with Gasteiger partial charge in [-0.05, 0) is 50.1 Å². The maximum Gasteiger partial charge on any atom is 0.260 e. The summed E-state index contributed by atoms with van der Waals surface area (Å²) in [5.41, 5.74) is 22.3. The van der Waals surface area contributed by atoms with Gasteiger partial charge in [0.25, 0.3) is 5.91 Å². The number of fused-ring (bicyclic) bond motifs is 1. The average molecular weight is 670 g/mol. The first kappa shape index (κ1) is 33.4. The van der Waals surface area contributed by atoms with Crippen LogP contribution in [0.1, 0.15) is 29.4 Å². The van der Waals surface area contributed by atoms with Gasteiger partial charge in [0.1, 0.15) is 26.3 Å². The van der Waals surface area contributed by atoms with Gasteiger partial charge in [-0.15, -0.1) is 11.3 Å². The Balaban J connectivity index is 0.000000189. The lowest BCUT2D eigenvalue weighted by Crippen LogP contribution is -2.31. The number of nitriles is 1. The standard InChI is InChI=1S/C18H20N6OS.C15H19N5S/c19-15-14-13(4-6-22-18(14)26-16(15)17(20)25)24-8-2-7-23(9-10-24)12-3-1-5-21-11-12;1-12(14(10-16)15(17)21)19-6-3-7-20(9-8-19)13-4-2-5-18-11-13/h1,3-6,11H,2,7-10,19H2,(H2,20,25);2,4-5,11H,3,6-9H2,1H3,(H2,17,21)/b;14-12-. The predicted octanol–water partition coefficient (Wildman–Crippen LogP) is 3.77. The van der Waals surface area contributed by atoms with Crippen molar-refractivity contribution in [3.8, 4) is 6.07 Å². The van der Waals surface area contributed by atoms with Crippen molar-refractivity contribution in [3.63, 3.8) is 0 Å². The van der Waals surface area contributed by atoms with Gasteiger partial charge >= 0.3 is 0 Å². The molecule has 2 saturated heterocycles.